The molecule has 0 saturated heterocycles. The Hall–Kier alpha value is -1.67. The normalized spacial score (nSPS) is 11.8. The van der Waals surface area contributed by atoms with Gasteiger partial charge in [-0.1, -0.05) is 47.8 Å². The molecule has 8 heteroatoms. The van der Waals surface area contributed by atoms with Gasteiger partial charge >= 0.3 is 0 Å². The molecule has 0 fully saturated rings. The molecule has 1 aromatic rings. The first kappa shape index (κ1) is 20.4. The van der Waals surface area contributed by atoms with Crippen LogP contribution in [0.5, 0.6) is 0 Å². The number of aryl methyl sites for hydroxylation is 1. The second kappa shape index (κ2) is 10.2. The van der Waals surface area contributed by atoms with Crippen molar-refractivity contribution in [2.45, 2.75) is 24.5 Å². The van der Waals surface area contributed by atoms with Gasteiger partial charge in [-0.3, -0.25) is 15.6 Å². The Morgan fingerprint density at radius 2 is 1.71 bits per heavy atom. The summed E-state index contributed by atoms with van der Waals surface area (Å²) >= 11 is 2.57. The van der Waals surface area contributed by atoms with Gasteiger partial charge in [-0.2, -0.15) is 0 Å². The first-order valence-corrected chi connectivity index (χ1v) is 9.40. The van der Waals surface area contributed by atoms with Gasteiger partial charge in [0.1, 0.15) is 0 Å². The Balaban J connectivity index is 2.63. The van der Waals surface area contributed by atoms with E-state index in [-0.39, 0.29) is 21.5 Å². The van der Waals surface area contributed by atoms with Crippen molar-refractivity contribution in [3.63, 3.8) is 0 Å². The lowest BCUT2D eigenvalue weighted by atomic mass is 10.0. The van der Waals surface area contributed by atoms with Crippen molar-refractivity contribution in [3.05, 3.63) is 35.4 Å². The number of amides is 1. The molecular formula is C16H25N5OS2. The van der Waals surface area contributed by atoms with E-state index in [1.807, 2.05) is 12.1 Å². The van der Waals surface area contributed by atoms with Crippen LogP contribution in [0.4, 0.5) is 0 Å². The van der Waals surface area contributed by atoms with Crippen LogP contribution in [0.3, 0.4) is 0 Å². The van der Waals surface area contributed by atoms with E-state index in [0.29, 0.717) is 12.8 Å². The third-order valence-electron chi connectivity index (χ3n) is 3.33. The zero-order valence-corrected chi connectivity index (χ0v) is 15.7. The molecule has 0 aromatic heterocycles. The van der Waals surface area contributed by atoms with Crippen molar-refractivity contribution in [3.8, 4) is 0 Å². The van der Waals surface area contributed by atoms with Crippen LogP contribution in [0.2, 0.25) is 0 Å². The molecule has 1 amide bonds. The third-order valence-corrected chi connectivity index (χ3v) is 4.97. The average molecular weight is 368 g/mol. The fourth-order valence-electron chi connectivity index (χ4n) is 2.10. The summed E-state index contributed by atoms with van der Waals surface area (Å²) in [6.07, 6.45) is 1.90. The highest BCUT2D eigenvalue weighted by Crippen LogP contribution is 2.21. The van der Waals surface area contributed by atoms with Crippen molar-refractivity contribution in [2.24, 2.45) is 11.5 Å². The van der Waals surface area contributed by atoms with E-state index in [1.54, 1.807) is 19.0 Å². The van der Waals surface area contributed by atoms with E-state index < -0.39 is 0 Å². The Morgan fingerprint density at radius 3 is 2.21 bits per heavy atom. The topological polar surface area (TPSA) is 120 Å². The zero-order valence-electron chi connectivity index (χ0n) is 14.0. The quantitative estimate of drug-likeness (QED) is 0.413. The van der Waals surface area contributed by atoms with Gasteiger partial charge in [-0.15, -0.1) is 0 Å². The van der Waals surface area contributed by atoms with Gasteiger partial charge in [0.15, 0.2) is 10.3 Å². The standard InChI is InChI=1S/C16H25N5OS2/c1-21(2)14(22)10-13(24-16(19)20)9-12-5-3-11(4-6-12)7-8-23-15(17)18/h3-6,13H,7-10H2,1-2H3,(H3,17,18)(H3,19,20)/t13-/m0/s1. The van der Waals surface area contributed by atoms with Crippen LogP contribution in [0.1, 0.15) is 17.5 Å². The van der Waals surface area contributed by atoms with E-state index in [0.717, 1.165) is 17.7 Å². The number of rotatable bonds is 8. The Labute approximate surface area is 151 Å². The molecule has 0 heterocycles. The van der Waals surface area contributed by atoms with Gasteiger partial charge in [-0.05, 0) is 24.0 Å². The summed E-state index contributed by atoms with van der Waals surface area (Å²) in [5.41, 5.74) is 13.1. The average Bonchev–Trinajstić information content (AvgIpc) is 2.47. The van der Waals surface area contributed by atoms with Gasteiger partial charge in [0.05, 0.1) is 0 Å². The number of nitrogens with one attached hydrogen (secondary N) is 2. The monoisotopic (exact) mass is 367 g/mol. The van der Waals surface area contributed by atoms with Gasteiger partial charge in [0, 0.05) is 31.5 Å². The largest absolute Gasteiger partial charge is 0.379 e. The predicted octanol–water partition coefficient (Wildman–Crippen LogP) is 1.87. The maximum absolute atomic E-state index is 11.9. The van der Waals surface area contributed by atoms with Gasteiger partial charge in [-0.25, -0.2) is 0 Å². The highest BCUT2D eigenvalue weighted by molar-refractivity contribution is 8.14. The number of carbonyl (C=O) groups is 1. The van der Waals surface area contributed by atoms with Gasteiger partial charge in [0.2, 0.25) is 5.91 Å². The number of carbonyl (C=O) groups excluding carboxylic acids is 1. The van der Waals surface area contributed by atoms with E-state index in [1.165, 1.54) is 29.1 Å². The SMILES string of the molecule is CN(C)C(=O)C[C@H](Cc1ccc(CCSC(=N)N)cc1)SC(=N)N. The second-order valence-corrected chi connectivity index (χ2v) is 8.06. The van der Waals surface area contributed by atoms with Crippen LogP contribution >= 0.6 is 23.5 Å². The highest BCUT2D eigenvalue weighted by Gasteiger charge is 2.17. The molecule has 1 atom stereocenters. The molecule has 0 aliphatic rings. The smallest absolute Gasteiger partial charge is 0.223 e. The van der Waals surface area contributed by atoms with Crippen molar-refractivity contribution in [1.82, 2.24) is 4.90 Å². The fraction of sp³-hybridized carbons (Fsp3) is 0.438. The molecule has 0 bridgehead atoms. The number of nitrogens with zero attached hydrogens (tertiary/aromatic N) is 1. The first-order chi connectivity index (χ1) is 11.3. The molecule has 0 spiro atoms. The lowest BCUT2D eigenvalue weighted by Crippen LogP contribution is -2.27. The predicted molar refractivity (Wildman–Crippen MR) is 105 cm³/mol. The van der Waals surface area contributed by atoms with Gasteiger partial charge < -0.3 is 16.4 Å². The van der Waals surface area contributed by atoms with Crippen LogP contribution in [0.15, 0.2) is 24.3 Å². The molecule has 0 aliphatic heterocycles. The van der Waals surface area contributed by atoms with E-state index in [2.05, 4.69) is 12.1 Å². The van der Waals surface area contributed by atoms with Crippen LogP contribution in [0, 0.1) is 10.8 Å². The molecule has 1 aromatic carbocycles. The molecule has 24 heavy (non-hydrogen) atoms. The van der Waals surface area contributed by atoms with Crippen molar-refractivity contribution in [1.29, 1.82) is 10.8 Å². The number of hydrogen-bond acceptors (Lipinski definition) is 5. The Morgan fingerprint density at radius 1 is 1.12 bits per heavy atom. The highest BCUT2D eigenvalue weighted by atomic mass is 32.2. The molecule has 0 saturated carbocycles. The number of hydrogen-bond donors (Lipinski definition) is 4. The van der Waals surface area contributed by atoms with E-state index in [9.17, 15) is 4.79 Å². The molecular weight excluding hydrogens is 342 g/mol. The van der Waals surface area contributed by atoms with Crippen LogP contribution < -0.4 is 11.5 Å². The number of nitrogens with two attached hydrogens (primary N) is 2. The minimum atomic E-state index is -0.0449. The van der Waals surface area contributed by atoms with Crippen LogP contribution in [-0.4, -0.2) is 46.2 Å². The fourth-order valence-corrected chi connectivity index (χ4v) is 3.51. The number of amidine groups is 2. The molecule has 0 radical (unpaired) electrons. The second-order valence-electron chi connectivity index (χ2n) is 5.58. The lowest BCUT2D eigenvalue weighted by molar-refractivity contribution is -0.128. The van der Waals surface area contributed by atoms with Crippen molar-refractivity contribution in [2.75, 3.05) is 19.8 Å². The zero-order chi connectivity index (χ0) is 18.1. The maximum atomic E-state index is 11.9. The summed E-state index contributed by atoms with van der Waals surface area (Å²) in [7, 11) is 3.46. The molecule has 0 unspecified atom stereocenters. The van der Waals surface area contributed by atoms with E-state index in [4.69, 9.17) is 22.3 Å². The molecule has 1 rings (SSSR count). The maximum Gasteiger partial charge on any atom is 0.223 e. The summed E-state index contributed by atoms with van der Waals surface area (Å²) in [6.45, 7) is 0. The van der Waals surface area contributed by atoms with Gasteiger partial charge in [0.25, 0.3) is 0 Å². The molecule has 6 nitrogen and oxygen atoms in total. The summed E-state index contributed by atoms with van der Waals surface area (Å²) in [5, 5.41) is 14.8. The molecule has 6 N–H and O–H groups in total. The number of thioether (sulfide) groups is 2. The number of benzene rings is 1. The van der Waals surface area contributed by atoms with Crippen molar-refractivity contribution >= 4 is 39.8 Å². The summed E-state index contributed by atoms with van der Waals surface area (Å²) < 4.78 is 0. The van der Waals surface area contributed by atoms with Crippen LogP contribution in [-0.2, 0) is 17.6 Å². The molecule has 132 valence electrons. The third kappa shape index (κ3) is 8.26. The Kier molecular flexibility index (Phi) is 8.70. The summed E-state index contributed by atoms with van der Waals surface area (Å²) in [4.78, 5) is 13.5. The summed E-state index contributed by atoms with van der Waals surface area (Å²) in [5.74, 6) is 0.820. The Bertz CT molecular complexity index is 574. The van der Waals surface area contributed by atoms with Crippen LogP contribution in [0.25, 0.3) is 0 Å². The summed E-state index contributed by atoms with van der Waals surface area (Å²) in [6, 6.07) is 8.20. The molecule has 0 aliphatic carbocycles. The minimum absolute atomic E-state index is 0.0319. The van der Waals surface area contributed by atoms with Crippen molar-refractivity contribution < 1.29 is 4.79 Å². The first-order valence-electron chi connectivity index (χ1n) is 7.53. The van der Waals surface area contributed by atoms with E-state index >= 15 is 0 Å². The lowest BCUT2D eigenvalue weighted by Gasteiger charge is -2.18. The minimum Gasteiger partial charge on any atom is -0.379 e.